The van der Waals surface area contributed by atoms with Crippen molar-refractivity contribution in [1.82, 2.24) is 9.78 Å². The van der Waals surface area contributed by atoms with Gasteiger partial charge in [0.05, 0.1) is 5.69 Å². The third kappa shape index (κ3) is 2.66. The smallest absolute Gasteiger partial charge is 0.185 e. The summed E-state index contributed by atoms with van der Waals surface area (Å²) in [5, 5.41) is 13.3. The first-order valence-electron chi connectivity index (χ1n) is 5.74. The van der Waals surface area contributed by atoms with Crippen molar-refractivity contribution >= 4 is 11.9 Å². The molecule has 0 aliphatic carbocycles. The number of carbonyl (C=O) groups excluding carboxylic acids is 1. The van der Waals surface area contributed by atoms with E-state index in [0.717, 1.165) is 12.2 Å². The molecule has 18 heavy (non-hydrogen) atoms. The highest BCUT2D eigenvalue weighted by atomic mass is 16.3. The summed E-state index contributed by atoms with van der Waals surface area (Å²) in [7, 11) is 0. The molecule has 2 rings (SSSR count). The van der Waals surface area contributed by atoms with E-state index in [-0.39, 0.29) is 11.5 Å². The zero-order chi connectivity index (χ0) is 13.0. The second-order valence-corrected chi connectivity index (χ2v) is 3.82. The Morgan fingerprint density at radius 2 is 2.06 bits per heavy atom. The minimum absolute atomic E-state index is 0.0983. The Kier molecular flexibility index (Phi) is 3.57. The Bertz CT molecular complexity index is 568. The number of allylic oxidation sites excluding steroid dienone is 1. The van der Waals surface area contributed by atoms with Gasteiger partial charge in [0.1, 0.15) is 5.75 Å². The van der Waals surface area contributed by atoms with Crippen LogP contribution in [0.1, 0.15) is 23.0 Å². The lowest BCUT2D eigenvalue weighted by atomic mass is 10.1. The molecule has 1 aromatic carbocycles. The van der Waals surface area contributed by atoms with Crippen molar-refractivity contribution in [2.24, 2.45) is 0 Å². The molecule has 0 radical (unpaired) electrons. The number of nitrogens with zero attached hydrogens (tertiary/aromatic N) is 2. The first-order valence-corrected chi connectivity index (χ1v) is 5.74. The van der Waals surface area contributed by atoms with Crippen molar-refractivity contribution in [3.8, 4) is 5.75 Å². The number of aromatic nitrogens is 2. The molecule has 0 aliphatic heterocycles. The van der Waals surface area contributed by atoms with Crippen molar-refractivity contribution in [1.29, 1.82) is 0 Å². The first-order chi connectivity index (χ1) is 8.70. The zero-order valence-corrected chi connectivity index (χ0v) is 10.1. The Hall–Kier alpha value is -2.36. The molecule has 0 fully saturated rings. The van der Waals surface area contributed by atoms with Gasteiger partial charge in [0.15, 0.2) is 5.78 Å². The Balaban J connectivity index is 2.14. The minimum Gasteiger partial charge on any atom is -0.508 e. The number of phenolic OH excluding ortho intramolecular Hbond substituents is 1. The highest BCUT2D eigenvalue weighted by molar-refractivity contribution is 6.06. The van der Waals surface area contributed by atoms with Crippen LogP contribution in [0.3, 0.4) is 0 Å². The van der Waals surface area contributed by atoms with Gasteiger partial charge in [-0.1, -0.05) is 0 Å². The zero-order valence-electron chi connectivity index (χ0n) is 10.1. The fourth-order valence-corrected chi connectivity index (χ4v) is 1.63. The number of hydrogen-bond donors (Lipinski definition) is 1. The van der Waals surface area contributed by atoms with Gasteiger partial charge >= 0.3 is 0 Å². The largest absolute Gasteiger partial charge is 0.508 e. The van der Waals surface area contributed by atoms with Crippen LogP contribution in [-0.4, -0.2) is 20.7 Å². The average molecular weight is 242 g/mol. The van der Waals surface area contributed by atoms with Gasteiger partial charge in [0.25, 0.3) is 0 Å². The van der Waals surface area contributed by atoms with Gasteiger partial charge in [0.2, 0.25) is 0 Å². The van der Waals surface area contributed by atoms with Crippen LogP contribution >= 0.6 is 0 Å². The van der Waals surface area contributed by atoms with Crippen LogP contribution in [0.25, 0.3) is 6.08 Å². The van der Waals surface area contributed by atoms with Gasteiger partial charge < -0.3 is 5.11 Å². The van der Waals surface area contributed by atoms with Gasteiger partial charge in [-0.05, 0) is 49.4 Å². The Morgan fingerprint density at radius 1 is 1.33 bits per heavy atom. The van der Waals surface area contributed by atoms with E-state index in [9.17, 15) is 4.79 Å². The van der Waals surface area contributed by atoms with E-state index in [0.29, 0.717) is 5.56 Å². The molecule has 2 aromatic rings. The molecule has 1 heterocycles. The van der Waals surface area contributed by atoms with E-state index >= 15 is 0 Å². The molecule has 0 unspecified atom stereocenters. The number of carbonyl (C=O) groups is 1. The van der Waals surface area contributed by atoms with Gasteiger partial charge in [-0.3, -0.25) is 9.48 Å². The lowest BCUT2D eigenvalue weighted by Gasteiger charge is -1.99. The van der Waals surface area contributed by atoms with Crippen LogP contribution in [0.2, 0.25) is 0 Å². The number of aryl methyl sites for hydroxylation is 1. The fourth-order valence-electron chi connectivity index (χ4n) is 1.63. The summed E-state index contributed by atoms with van der Waals surface area (Å²) in [6.45, 7) is 2.76. The fraction of sp³-hybridized carbons (Fsp3) is 0.143. The van der Waals surface area contributed by atoms with E-state index in [2.05, 4.69) is 5.10 Å². The number of benzene rings is 1. The monoisotopic (exact) mass is 242 g/mol. The van der Waals surface area contributed by atoms with E-state index in [1.807, 2.05) is 13.0 Å². The van der Waals surface area contributed by atoms with Crippen LogP contribution in [0, 0.1) is 0 Å². The molecule has 0 aliphatic rings. The van der Waals surface area contributed by atoms with Crippen molar-refractivity contribution in [2.45, 2.75) is 13.5 Å². The molecule has 4 nitrogen and oxygen atoms in total. The minimum atomic E-state index is -0.0983. The average Bonchev–Trinajstić information content (AvgIpc) is 2.84. The topological polar surface area (TPSA) is 55.1 Å². The van der Waals surface area contributed by atoms with Crippen molar-refractivity contribution in [2.75, 3.05) is 0 Å². The van der Waals surface area contributed by atoms with Gasteiger partial charge in [-0.25, -0.2) is 0 Å². The quantitative estimate of drug-likeness (QED) is 0.662. The van der Waals surface area contributed by atoms with Gasteiger partial charge in [0, 0.05) is 18.3 Å². The lowest BCUT2D eigenvalue weighted by Crippen LogP contribution is -1.99. The summed E-state index contributed by atoms with van der Waals surface area (Å²) in [4.78, 5) is 11.9. The number of ketones is 1. The summed E-state index contributed by atoms with van der Waals surface area (Å²) < 4.78 is 1.81. The number of phenols is 1. The molecule has 0 bridgehead atoms. The van der Waals surface area contributed by atoms with Crippen LogP contribution in [-0.2, 0) is 6.54 Å². The maximum Gasteiger partial charge on any atom is 0.185 e. The van der Waals surface area contributed by atoms with E-state index in [1.165, 1.54) is 18.2 Å². The maximum absolute atomic E-state index is 11.9. The number of rotatable bonds is 4. The highest BCUT2D eigenvalue weighted by Crippen LogP contribution is 2.11. The summed E-state index contributed by atoms with van der Waals surface area (Å²) in [5.41, 5.74) is 1.44. The molecule has 1 N–H and O–H groups in total. The Labute approximate surface area is 105 Å². The standard InChI is InChI=1S/C14H14N2O2/c1-2-16-12(9-10-15-16)5-8-14(18)11-3-6-13(17)7-4-11/h3-10,17H,2H2,1H3/b8-5+. The summed E-state index contributed by atoms with van der Waals surface area (Å²) >= 11 is 0. The lowest BCUT2D eigenvalue weighted by molar-refractivity contribution is 0.104. The molecule has 4 heteroatoms. The molecule has 0 saturated carbocycles. The summed E-state index contributed by atoms with van der Waals surface area (Å²) in [5.74, 6) is 0.0541. The second-order valence-electron chi connectivity index (χ2n) is 3.82. The molecule has 0 saturated heterocycles. The molecular weight excluding hydrogens is 228 g/mol. The normalized spacial score (nSPS) is 10.9. The summed E-state index contributed by atoms with van der Waals surface area (Å²) in [6.07, 6.45) is 4.95. The van der Waals surface area contributed by atoms with Crippen LogP contribution in [0.5, 0.6) is 5.75 Å². The van der Waals surface area contributed by atoms with Crippen molar-refractivity contribution in [3.63, 3.8) is 0 Å². The van der Waals surface area contributed by atoms with Crippen molar-refractivity contribution < 1.29 is 9.90 Å². The molecule has 1 aromatic heterocycles. The molecule has 0 spiro atoms. The van der Waals surface area contributed by atoms with Gasteiger partial charge in [-0.2, -0.15) is 5.10 Å². The first kappa shape index (κ1) is 12.1. The van der Waals surface area contributed by atoms with E-state index in [1.54, 1.807) is 29.1 Å². The molecular formula is C14H14N2O2. The second kappa shape index (κ2) is 5.31. The SMILES string of the molecule is CCn1nccc1/C=C/C(=O)c1ccc(O)cc1. The van der Waals surface area contributed by atoms with Crippen LogP contribution in [0.4, 0.5) is 0 Å². The third-order valence-electron chi connectivity index (χ3n) is 2.61. The van der Waals surface area contributed by atoms with Crippen LogP contribution in [0.15, 0.2) is 42.6 Å². The predicted molar refractivity (Wildman–Crippen MR) is 69.4 cm³/mol. The molecule has 0 atom stereocenters. The van der Waals surface area contributed by atoms with E-state index in [4.69, 9.17) is 5.11 Å². The van der Waals surface area contributed by atoms with E-state index < -0.39 is 0 Å². The number of aromatic hydroxyl groups is 1. The number of hydrogen-bond acceptors (Lipinski definition) is 3. The summed E-state index contributed by atoms with van der Waals surface area (Å²) in [6, 6.07) is 8.04. The molecule has 0 amide bonds. The highest BCUT2D eigenvalue weighted by Gasteiger charge is 2.02. The Morgan fingerprint density at radius 3 is 2.72 bits per heavy atom. The third-order valence-corrected chi connectivity index (χ3v) is 2.61. The predicted octanol–water partition coefficient (Wildman–Crippen LogP) is 2.50. The maximum atomic E-state index is 11.9. The van der Waals surface area contributed by atoms with Gasteiger partial charge in [-0.15, -0.1) is 0 Å². The van der Waals surface area contributed by atoms with Crippen LogP contribution < -0.4 is 0 Å². The molecule has 92 valence electrons. The van der Waals surface area contributed by atoms with Crippen molar-refractivity contribution in [3.05, 3.63) is 53.9 Å².